The molecule has 4 heteroatoms. The molecule has 1 aliphatic carbocycles. The van der Waals surface area contributed by atoms with E-state index in [0.717, 1.165) is 70.5 Å². The second kappa shape index (κ2) is 7.89. The minimum Gasteiger partial charge on any atom is -0.369 e. The van der Waals surface area contributed by atoms with Crippen LogP contribution in [0.15, 0.2) is 30.5 Å². The highest BCUT2D eigenvalue weighted by Gasteiger charge is 2.21. The molecule has 0 bridgehead atoms. The summed E-state index contributed by atoms with van der Waals surface area (Å²) in [5, 5.41) is 0. The van der Waals surface area contributed by atoms with Gasteiger partial charge in [0.25, 0.3) is 0 Å². The number of hydrogen-bond donors (Lipinski definition) is 0. The van der Waals surface area contributed by atoms with E-state index in [9.17, 15) is 4.79 Å². The van der Waals surface area contributed by atoms with Crippen LogP contribution >= 0.6 is 0 Å². The van der Waals surface area contributed by atoms with Gasteiger partial charge in [-0.15, -0.1) is 0 Å². The quantitative estimate of drug-likeness (QED) is 0.806. The Hall–Kier alpha value is -2.07. The summed E-state index contributed by atoms with van der Waals surface area (Å²) in [6.45, 7) is 11.1. The fourth-order valence-electron chi connectivity index (χ4n) is 4.55. The van der Waals surface area contributed by atoms with Gasteiger partial charge in [-0.25, -0.2) is 0 Å². The van der Waals surface area contributed by atoms with Gasteiger partial charge < -0.3 is 9.47 Å². The predicted octanol–water partition coefficient (Wildman–Crippen LogP) is 3.84. The highest BCUT2D eigenvalue weighted by Crippen LogP contribution is 2.24. The van der Waals surface area contributed by atoms with Gasteiger partial charge in [0.1, 0.15) is 0 Å². The predicted molar refractivity (Wildman–Crippen MR) is 111 cm³/mol. The summed E-state index contributed by atoms with van der Waals surface area (Å²) in [7, 11) is 0. The standard InChI is InChI=1S/C23H31N3O/c1-18-6-3-7-21(19(18)2)26-16-14-24(15-17-26)11-5-12-25-13-10-20-22(25)8-4-9-23(20)27/h3,6-7,10,13H,4-5,8-9,11-12,14-17H2,1-2H3. The largest absolute Gasteiger partial charge is 0.369 e. The molecule has 0 saturated carbocycles. The van der Waals surface area contributed by atoms with Crippen LogP contribution in [-0.4, -0.2) is 48.0 Å². The lowest BCUT2D eigenvalue weighted by Crippen LogP contribution is -2.47. The first-order valence-electron chi connectivity index (χ1n) is 10.4. The number of nitrogens with zero attached hydrogens (tertiary/aromatic N) is 3. The Kier molecular flexibility index (Phi) is 5.35. The number of hydrogen-bond acceptors (Lipinski definition) is 3. The van der Waals surface area contributed by atoms with Crippen LogP contribution in [0.5, 0.6) is 0 Å². The molecule has 1 aromatic heterocycles. The number of carbonyl (C=O) groups excluding carboxylic acids is 1. The lowest BCUT2D eigenvalue weighted by molar-refractivity contribution is 0.0971. The monoisotopic (exact) mass is 365 g/mol. The van der Waals surface area contributed by atoms with Crippen molar-refractivity contribution in [2.75, 3.05) is 37.6 Å². The van der Waals surface area contributed by atoms with Gasteiger partial charge in [-0.05, 0) is 62.9 Å². The van der Waals surface area contributed by atoms with Gasteiger partial charge in [0.2, 0.25) is 0 Å². The number of rotatable bonds is 5. The van der Waals surface area contributed by atoms with Crippen molar-refractivity contribution in [2.24, 2.45) is 0 Å². The lowest BCUT2D eigenvalue weighted by atomic mass is 9.97. The Labute approximate surface area is 162 Å². The van der Waals surface area contributed by atoms with Crippen LogP contribution in [-0.2, 0) is 13.0 Å². The maximum Gasteiger partial charge on any atom is 0.164 e. The van der Waals surface area contributed by atoms with Crippen molar-refractivity contribution in [3.05, 3.63) is 52.8 Å². The Morgan fingerprint density at radius 2 is 1.78 bits per heavy atom. The minimum absolute atomic E-state index is 0.331. The second-order valence-electron chi connectivity index (χ2n) is 8.05. The average molecular weight is 366 g/mol. The smallest absolute Gasteiger partial charge is 0.164 e. The third-order valence-corrected chi connectivity index (χ3v) is 6.36. The Bertz CT molecular complexity index is 815. The topological polar surface area (TPSA) is 28.5 Å². The third-order valence-electron chi connectivity index (χ3n) is 6.36. The van der Waals surface area contributed by atoms with E-state index in [1.54, 1.807) is 0 Å². The zero-order valence-corrected chi connectivity index (χ0v) is 16.7. The summed E-state index contributed by atoms with van der Waals surface area (Å²) < 4.78 is 2.32. The number of Topliss-reactive ketones (excluding diaryl/α,β-unsaturated/α-hetero) is 1. The SMILES string of the molecule is Cc1cccc(N2CCN(CCCn3ccc4c3CCCC4=O)CC2)c1C. The first kappa shape index (κ1) is 18.3. The van der Waals surface area contributed by atoms with Crippen molar-refractivity contribution in [1.82, 2.24) is 9.47 Å². The van der Waals surface area contributed by atoms with Crippen LogP contribution < -0.4 is 4.90 Å². The maximum atomic E-state index is 12.0. The molecule has 4 rings (SSSR count). The number of benzene rings is 1. The summed E-state index contributed by atoms with van der Waals surface area (Å²) >= 11 is 0. The highest BCUT2D eigenvalue weighted by atomic mass is 16.1. The molecule has 2 heterocycles. The van der Waals surface area contributed by atoms with Gasteiger partial charge in [0, 0.05) is 62.3 Å². The Morgan fingerprint density at radius 1 is 0.963 bits per heavy atom. The van der Waals surface area contributed by atoms with E-state index in [1.165, 1.54) is 22.5 Å². The highest BCUT2D eigenvalue weighted by molar-refractivity contribution is 5.98. The molecule has 1 fully saturated rings. The number of carbonyl (C=O) groups is 1. The third kappa shape index (κ3) is 3.81. The molecule has 0 N–H and O–H groups in total. The molecule has 4 nitrogen and oxygen atoms in total. The van der Waals surface area contributed by atoms with Crippen molar-refractivity contribution in [3.8, 4) is 0 Å². The molecule has 0 amide bonds. The molecule has 2 aliphatic rings. The second-order valence-corrected chi connectivity index (χ2v) is 8.05. The van der Waals surface area contributed by atoms with Crippen LogP contribution in [0.2, 0.25) is 0 Å². The van der Waals surface area contributed by atoms with Gasteiger partial charge in [-0.1, -0.05) is 12.1 Å². The van der Waals surface area contributed by atoms with Gasteiger partial charge in [0.05, 0.1) is 0 Å². The van der Waals surface area contributed by atoms with E-state index in [-0.39, 0.29) is 0 Å². The molecular formula is C23H31N3O. The van der Waals surface area contributed by atoms with Crippen LogP contribution in [0.4, 0.5) is 5.69 Å². The van der Waals surface area contributed by atoms with Gasteiger partial charge in [-0.2, -0.15) is 0 Å². The van der Waals surface area contributed by atoms with Crippen LogP contribution in [0.1, 0.15) is 46.4 Å². The molecule has 1 aromatic carbocycles. The van der Waals surface area contributed by atoms with Crippen molar-refractivity contribution in [2.45, 2.75) is 46.1 Å². The van der Waals surface area contributed by atoms with Gasteiger partial charge >= 0.3 is 0 Å². The lowest BCUT2D eigenvalue weighted by Gasteiger charge is -2.37. The van der Waals surface area contributed by atoms with E-state index in [4.69, 9.17) is 0 Å². The molecule has 27 heavy (non-hydrogen) atoms. The molecule has 2 aromatic rings. The summed E-state index contributed by atoms with van der Waals surface area (Å²) in [6, 6.07) is 8.66. The summed E-state index contributed by atoms with van der Waals surface area (Å²) in [5.41, 5.74) is 6.44. The normalized spacial score (nSPS) is 18.0. The number of anilines is 1. The molecule has 0 spiro atoms. The van der Waals surface area contributed by atoms with E-state index in [1.807, 2.05) is 6.07 Å². The fourth-order valence-corrected chi connectivity index (χ4v) is 4.55. The number of aromatic nitrogens is 1. The van der Waals surface area contributed by atoms with E-state index in [0.29, 0.717) is 5.78 Å². The van der Waals surface area contributed by atoms with Crippen molar-refractivity contribution in [3.63, 3.8) is 0 Å². The summed E-state index contributed by atoms with van der Waals surface area (Å²) in [5.74, 6) is 0.331. The van der Waals surface area contributed by atoms with Gasteiger partial charge in [-0.3, -0.25) is 9.69 Å². The first-order chi connectivity index (χ1) is 13.1. The molecular weight excluding hydrogens is 334 g/mol. The number of aryl methyl sites for hydroxylation is 2. The first-order valence-corrected chi connectivity index (χ1v) is 10.4. The number of fused-ring (bicyclic) bond motifs is 1. The Morgan fingerprint density at radius 3 is 2.59 bits per heavy atom. The van der Waals surface area contributed by atoms with Crippen LogP contribution in [0.25, 0.3) is 0 Å². The fraction of sp³-hybridized carbons (Fsp3) is 0.522. The van der Waals surface area contributed by atoms with Crippen molar-refractivity contribution >= 4 is 11.5 Å². The average Bonchev–Trinajstić information content (AvgIpc) is 3.09. The number of piperazine rings is 1. The van der Waals surface area contributed by atoms with Crippen molar-refractivity contribution in [1.29, 1.82) is 0 Å². The van der Waals surface area contributed by atoms with Crippen LogP contribution in [0, 0.1) is 13.8 Å². The maximum absolute atomic E-state index is 12.0. The molecule has 0 radical (unpaired) electrons. The van der Waals surface area contributed by atoms with E-state index >= 15 is 0 Å². The molecule has 0 unspecified atom stereocenters. The van der Waals surface area contributed by atoms with Crippen molar-refractivity contribution < 1.29 is 4.79 Å². The molecule has 1 saturated heterocycles. The van der Waals surface area contributed by atoms with E-state index in [2.05, 4.69) is 52.6 Å². The zero-order chi connectivity index (χ0) is 18.8. The summed E-state index contributed by atoms with van der Waals surface area (Å²) in [4.78, 5) is 17.1. The Balaban J connectivity index is 1.27. The zero-order valence-electron chi connectivity index (χ0n) is 16.7. The minimum atomic E-state index is 0.331. The molecule has 1 aliphatic heterocycles. The van der Waals surface area contributed by atoms with Gasteiger partial charge in [0.15, 0.2) is 5.78 Å². The molecule has 0 atom stereocenters. The van der Waals surface area contributed by atoms with Crippen LogP contribution in [0.3, 0.4) is 0 Å². The summed E-state index contributed by atoms with van der Waals surface area (Å²) in [6.07, 6.45) is 6.06. The number of ketones is 1. The van der Waals surface area contributed by atoms with E-state index < -0.39 is 0 Å². The molecule has 144 valence electrons.